The summed E-state index contributed by atoms with van der Waals surface area (Å²) < 4.78 is 4.97. The van der Waals surface area contributed by atoms with Gasteiger partial charge in [-0.1, -0.05) is 0 Å². The topological polar surface area (TPSA) is 106 Å². The summed E-state index contributed by atoms with van der Waals surface area (Å²) in [6.45, 7) is 5.11. The number of hydrogen-bond donors (Lipinski definition) is 2. The molecule has 1 amide bonds. The van der Waals surface area contributed by atoms with Gasteiger partial charge in [0.2, 0.25) is 0 Å². The first kappa shape index (κ1) is 14.3. The fraction of sp³-hybridized carbons (Fsp3) is 0.444. The molecule has 0 saturated carbocycles. The molecule has 0 fully saturated rings. The van der Waals surface area contributed by atoms with E-state index in [2.05, 4.69) is 10.3 Å². The number of hydrogen-bond acceptors (Lipinski definition) is 6. The molecule has 2 N–H and O–H groups in total. The zero-order valence-electron chi connectivity index (χ0n) is 10.0. The minimum atomic E-state index is -1.59. The van der Waals surface area contributed by atoms with Gasteiger partial charge in [0.15, 0.2) is 0 Å². The zero-order chi connectivity index (χ0) is 13.9. The predicted molar refractivity (Wildman–Crippen MR) is 65.3 cm³/mol. The van der Waals surface area contributed by atoms with Crippen molar-refractivity contribution in [3.63, 3.8) is 0 Å². The molecule has 0 saturated heterocycles. The number of carbonyl (C=O) groups excluding carboxylic acids is 2. The van der Waals surface area contributed by atoms with Crippen LogP contribution in [0, 0.1) is 0 Å². The van der Waals surface area contributed by atoms with Gasteiger partial charge in [-0.3, -0.25) is 0 Å². The van der Waals surface area contributed by atoms with Gasteiger partial charge in [0.05, 0.1) is 0 Å². The molecule has 1 aromatic rings. The summed E-state index contributed by atoms with van der Waals surface area (Å²) in [6, 6.07) is 0. The molecule has 96 valence electrons. The van der Waals surface area contributed by atoms with Crippen LogP contribution in [0.15, 0.2) is 0 Å². The Morgan fingerprint density at radius 3 is 2.50 bits per heavy atom. The Bertz CT molecular complexity index is 493. The van der Waals surface area contributed by atoms with Crippen LogP contribution >= 0.6 is 11.2 Å². The van der Waals surface area contributed by atoms with Gasteiger partial charge in [-0.15, -0.1) is 0 Å². The van der Waals surface area contributed by atoms with E-state index in [1.54, 1.807) is 20.8 Å². The molecular formula is C9H11BN2O5S. The summed E-state index contributed by atoms with van der Waals surface area (Å²) in [5.74, 6) is -2.72. The number of rotatable bonds is 3. The Kier molecular flexibility index (Phi) is 4.17. The second-order valence-electron chi connectivity index (χ2n) is 4.30. The Balaban J connectivity index is 2.68. The molecule has 0 aliphatic heterocycles. The van der Waals surface area contributed by atoms with E-state index in [1.807, 2.05) is 0 Å². The number of aromatic nitrogens is 1. The van der Waals surface area contributed by atoms with Crippen molar-refractivity contribution in [3.05, 3.63) is 5.59 Å². The second kappa shape index (κ2) is 5.26. The number of ketones is 1. The van der Waals surface area contributed by atoms with Gasteiger partial charge in [-0.05, 0) is 0 Å². The first-order valence-electron chi connectivity index (χ1n) is 4.92. The fourth-order valence-corrected chi connectivity index (χ4v) is 1.61. The van der Waals surface area contributed by atoms with Crippen molar-refractivity contribution in [1.82, 2.24) is 4.98 Å². The van der Waals surface area contributed by atoms with Crippen molar-refractivity contribution in [3.8, 4) is 0 Å². The third-order valence-electron chi connectivity index (χ3n) is 1.54. The number of aliphatic carboxylic acids is 1. The zero-order valence-corrected chi connectivity index (χ0v) is 10.8. The molecule has 0 unspecified atom stereocenters. The number of anilines is 1. The Labute approximate surface area is 107 Å². The average molecular weight is 270 g/mol. The number of amides is 1. The van der Waals surface area contributed by atoms with Crippen molar-refractivity contribution < 1.29 is 24.2 Å². The molecule has 0 atom stereocenters. The summed E-state index contributed by atoms with van der Waals surface area (Å²) in [5.41, 5.74) is -0.875. The Morgan fingerprint density at radius 2 is 2.00 bits per heavy atom. The van der Waals surface area contributed by atoms with Crippen molar-refractivity contribution >= 4 is 40.3 Å². The third kappa shape index (κ3) is 4.25. The van der Waals surface area contributed by atoms with E-state index in [0.717, 1.165) is 11.2 Å². The Hall–Kier alpha value is -1.77. The van der Waals surface area contributed by atoms with Crippen LogP contribution in [-0.2, 0) is 9.53 Å². The molecule has 0 spiro atoms. The first-order valence-corrected chi connectivity index (χ1v) is 5.80. The number of Topliss-reactive ketones (excluding diaryl/α,β-unsaturated/α-hetero) is 1. The van der Waals surface area contributed by atoms with E-state index in [0.29, 0.717) is 0 Å². The maximum absolute atomic E-state index is 11.4. The molecule has 1 aromatic heterocycles. The van der Waals surface area contributed by atoms with E-state index in [1.165, 1.54) is 6.17 Å². The van der Waals surface area contributed by atoms with Gasteiger partial charge in [0.25, 0.3) is 0 Å². The van der Waals surface area contributed by atoms with Crippen LogP contribution in [0.5, 0.6) is 0 Å². The molecule has 0 aliphatic carbocycles. The van der Waals surface area contributed by atoms with Gasteiger partial charge in [-0.25, -0.2) is 0 Å². The molecule has 1 heterocycles. The molecule has 0 radical (unpaired) electrons. The standard InChI is InChI=1S/C9H11BN2O5S/c1-9(2,3)17-8(16)12-7-11-5(10-18-7)4(13)6(14)15/h1-3H3,(H,14,15)(H,11,12,16). The van der Waals surface area contributed by atoms with E-state index >= 15 is 0 Å². The van der Waals surface area contributed by atoms with E-state index < -0.39 is 23.4 Å². The average Bonchev–Trinajstić information content (AvgIpc) is 2.61. The second-order valence-corrected chi connectivity index (χ2v) is 5.16. The number of carboxylic acid groups (broad SMARTS) is 1. The molecule has 7 nitrogen and oxygen atoms in total. The van der Waals surface area contributed by atoms with Gasteiger partial charge in [-0.2, -0.15) is 0 Å². The molecule has 1 rings (SSSR count). The van der Waals surface area contributed by atoms with Crippen LogP contribution in [0.4, 0.5) is 9.93 Å². The van der Waals surface area contributed by atoms with E-state index in [9.17, 15) is 14.4 Å². The number of carboxylic acids is 1. The molecule has 9 heteroatoms. The number of ether oxygens (including phenoxy) is 1. The monoisotopic (exact) mass is 270 g/mol. The molecule has 0 bridgehead atoms. The number of nitrogens with zero attached hydrogens (tertiary/aromatic N) is 1. The van der Waals surface area contributed by atoms with Crippen molar-refractivity contribution in [2.75, 3.05) is 5.32 Å². The quantitative estimate of drug-likeness (QED) is 0.629. The van der Waals surface area contributed by atoms with Gasteiger partial charge < -0.3 is 0 Å². The summed E-state index contributed by atoms with van der Waals surface area (Å²) in [5, 5.41) is 10.9. The summed E-state index contributed by atoms with van der Waals surface area (Å²) in [4.78, 5) is 36.5. The third-order valence-corrected chi connectivity index (χ3v) is 2.30. The van der Waals surface area contributed by atoms with Crippen molar-refractivity contribution in [1.29, 1.82) is 0 Å². The summed E-state index contributed by atoms with van der Waals surface area (Å²) >= 11 is 0.942. The van der Waals surface area contributed by atoms with Gasteiger partial charge in [0.1, 0.15) is 0 Å². The first-order chi connectivity index (χ1) is 8.19. The van der Waals surface area contributed by atoms with Crippen LogP contribution in [0.25, 0.3) is 0 Å². The van der Waals surface area contributed by atoms with Gasteiger partial charge >= 0.3 is 107 Å². The van der Waals surface area contributed by atoms with Crippen molar-refractivity contribution in [2.24, 2.45) is 0 Å². The van der Waals surface area contributed by atoms with E-state index in [-0.39, 0.29) is 10.7 Å². The predicted octanol–water partition coefficient (Wildman–Crippen LogP) is 1.10. The van der Waals surface area contributed by atoms with Crippen LogP contribution in [-0.4, -0.2) is 39.7 Å². The van der Waals surface area contributed by atoms with Crippen LogP contribution in [0.1, 0.15) is 31.2 Å². The molecule has 0 aliphatic rings. The van der Waals surface area contributed by atoms with Gasteiger partial charge in [0, 0.05) is 0 Å². The SMILES string of the molecule is CC(C)(C)OC(=O)Nc1nc(C(=O)C(=O)O)bs1. The molecule has 18 heavy (non-hydrogen) atoms. The van der Waals surface area contributed by atoms with Crippen molar-refractivity contribution in [2.45, 2.75) is 26.4 Å². The molecular weight excluding hydrogens is 259 g/mol. The van der Waals surface area contributed by atoms with E-state index in [4.69, 9.17) is 9.84 Å². The number of carbonyl (C=O) groups is 3. The number of nitrogens with one attached hydrogen (secondary N) is 1. The Morgan fingerprint density at radius 1 is 1.39 bits per heavy atom. The molecule has 0 aromatic carbocycles. The summed E-state index contributed by atoms with van der Waals surface area (Å²) in [6.07, 6.45) is 0.537. The maximum atomic E-state index is 11.4. The van der Waals surface area contributed by atoms with Crippen LogP contribution in [0.3, 0.4) is 0 Å². The normalized spacial score (nSPS) is 10.6. The fourth-order valence-electron chi connectivity index (χ4n) is 0.936. The van der Waals surface area contributed by atoms with Crippen LogP contribution in [0.2, 0.25) is 0 Å². The minimum absolute atomic E-state index is 0.105. The summed E-state index contributed by atoms with van der Waals surface area (Å²) in [7, 11) is 0. The van der Waals surface area contributed by atoms with Crippen LogP contribution < -0.4 is 5.32 Å².